The van der Waals surface area contributed by atoms with Crippen LogP contribution >= 0.6 is 0 Å². The van der Waals surface area contributed by atoms with Crippen LogP contribution in [0.4, 0.5) is 4.39 Å². The zero-order valence-corrected chi connectivity index (χ0v) is 44.8. The van der Waals surface area contributed by atoms with Crippen LogP contribution < -0.4 is 5.19 Å². The molecule has 0 bridgehead atoms. The van der Waals surface area contributed by atoms with E-state index in [0.717, 1.165) is 100 Å². The van der Waals surface area contributed by atoms with E-state index in [0.29, 0.717) is 0 Å². The number of rotatable bonds is 8. The van der Waals surface area contributed by atoms with E-state index in [-0.39, 0.29) is 31.3 Å². The first-order valence-corrected chi connectivity index (χ1v) is 27.4. The Morgan fingerprint density at radius 2 is 1.24 bits per heavy atom. The molecular weight excluding hydrogens is 1070 g/mol. The summed E-state index contributed by atoms with van der Waals surface area (Å²) in [6.07, 6.45) is 1.89. The number of para-hydroxylation sites is 2. The monoisotopic (exact) mass is 1120 g/mol. The Hall–Kier alpha value is -7.02. The number of nitrogens with zero attached hydrogens (tertiary/aromatic N) is 3. The molecule has 0 saturated heterocycles. The summed E-state index contributed by atoms with van der Waals surface area (Å²) >= 11 is 0. The van der Waals surface area contributed by atoms with Gasteiger partial charge in [-0.2, -0.15) is 0 Å². The van der Waals surface area contributed by atoms with Crippen molar-refractivity contribution in [2.24, 2.45) is 0 Å². The first-order valence-electron chi connectivity index (χ1n) is 24.4. The molecule has 71 heavy (non-hydrogen) atoms. The molecule has 0 spiro atoms. The molecule has 11 aromatic rings. The fourth-order valence-electron chi connectivity index (χ4n) is 9.26. The number of hydrogen-bond acceptors (Lipinski definition) is 3. The number of furan rings is 1. The summed E-state index contributed by atoms with van der Waals surface area (Å²) in [6, 6.07) is 68.5. The summed E-state index contributed by atoms with van der Waals surface area (Å²) in [6.45, 7) is 17.4. The quantitative estimate of drug-likeness (QED) is 0.112. The van der Waals surface area contributed by atoms with Crippen LogP contribution in [0.25, 0.3) is 94.7 Å². The van der Waals surface area contributed by atoms with Crippen molar-refractivity contribution in [3.63, 3.8) is 0 Å². The van der Waals surface area contributed by atoms with Gasteiger partial charge in [0.25, 0.3) is 0 Å². The molecule has 8 aromatic carbocycles. The molecule has 355 valence electrons. The third kappa shape index (κ3) is 10.0. The molecule has 0 aliphatic heterocycles. The number of aromatic nitrogens is 3. The summed E-state index contributed by atoms with van der Waals surface area (Å²) < 4.78 is 30.2. The summed E-state index contributed by atoms with van der Waals surface area (Å²) in [5, 5.41) is 3.32. The van der Waals surface area contributed by atoms with Crippen molar-refractivity contribution in [3.05, 3.63) is 217 Å². The van der Waals surface area contributed by atoms with Gasteiger partial charge in [0.15, 0.2) is 0 Å². The minimum absolute atomic E-state index is 0. The average molecular weight is 1120 g/mol. The van der Waals surface area contributed by atoms with Crippen molar-refractivity contribution in [2.75, 3.05) is 0 Å². The van der Waals surface area contributed by atoms with E-state index in [1.807, 2.05) is 38.2 Å². The van der Waals surface area contributed by atoms with Gasteiger partial charge in [-0.05, 0) is 80.3 Å². The maximum Gasteiger partial charge on any atom is 0.121 e. The SMILES string of the molecule is CC(C)(C)c1cc(-c2ccccc2)c(-n2c(-c3[c-]cc4oc5cc(-c6ccccc6)ccc5c4c3)nc3ccccc32)c(-c2ccccc2)c1.[2H]C(C)(C)c1cc(-c2[c-]cc(F)cc2)ncc1[Si](C)(C)C.[Ir]. The molecule has 0 fully saturated rings. The van der Waals surface area contributed by atoms with Crippen molar-refractivity contribution in [1.82, 2.24) is 14.5 Å². The first kappa shape index (κ1) is 47.6. The zero-order valence-electron chi connectivity index (χ0n) is 42.4. The molecule has 11 rings (SSSR count). The molecule has 0 amide bonds. The van der Waals surface area contributed by atoms with Crippen molar-refractivity contribution >= 4 is 46.2 Å². The van der Waals surface area contributed by atoms with Gasteiger partial charge >= 0.3 is 0 Å². The Morgan fingerprint density at radius 1 is 0.634 bits per heavy atom. The molecule has 4 nitrogen and oxygen atoms in total. The van der Waals surface area contributed by atoms with Gasteiger partial charge in [0.1, 0.15) is 5.58 Å². The first-order chi connectivity index (χ1) is 34.0. The van der Waals surface area contributed by atoms with Crippen LogP contribution in [0.1, 0.15) is 53.0 Å². The third-order valence-electron chi connectivity index (χ3n) is 13.0. The summed E-state index contributed by atoms with van der Waals surface area (Å²) in [5.74, 6) is -0.160. The average Bonchev–Trinajstić information content (AvgIpc) is 3.94. The van der Waals surface area contributed by atoms with Gasteiger partial charge in [-0.1, -0.05) is 187 Å². The second-order valence-corrected chi connectivity index (χ2v) is 25.3. The second kappa shape index (κ2) is 20.0. The van der Waals surface area contributed by atoms with Crippen molar-refractivity contribution in [2.45, 2.75) is 65.6 Å². The minimum Gasteiger partial charge on any atom is -0.500 e. The van der Waals surface area contributed by atoms with Crippen LogP contribution in [0.2, 0.25) is 19.6 Å². The van der Waals surface area contributed by atoms with E-state index in [9.17, 15) is 4.39 Å². The molecule has 0 aliphatic rings. The fraction of sp³-hybridized carbons (Fsp3) is 0.156. The largest absolute Gasteiger partial charge is 0.500 e. The molecule has 3 heterocycles. The van der Waals surface area contributed by atoms with Crippen LogP contribution in [0.5, 0.6) is 0 Å². The van der Waals surface area contributed by atoms with Crippen LogP contribution in [0, 0.1) is 17.9 Å². The number of fused-ring (bicyclic) bond motifs is 4. The van der Waals surface area contributed by atoms with Gasteiger partial charge in [0.2, 0.25) is 0 Å². The molecule has 0 N–H and O–H groups in total. The van der Waals surface area contributed by atoms with Crippen molar-refractivity contribution in [1.29, 1.82) is 0 Å². The minimum atomic E-state index is -1.57. The van der Waals surface area contributed by atoms with Crippen molar-refractivity contribution in [3.8, 4) is 61.7 Å². The van der Waals surface area contributed by atoms with Gasteiger partial charge in [-0.25, -0.2) is 0 Å². The van der Waals surface area contributed by atoms with Gasteiger partial charge in [0.05, 0.1) is 36.2 Å². The van der Waals surface area contributed by atoms with Gasteiger partial charge in [-0.15, -0.1) is 53.6 Å². The zero-order chi connectivity index (χ0) is 49.7. The number of pyridine rings is 1. The van der Waals surface area contributed by atoms with Crippen LogP contribution in [-0.2, 0) is 25.5 Å². The number of halogens is 1. The Bertz CT molecular complexity index is 3640. The molecule has 0 aliphatic carbocycles. The molecule has 0 atom stereocenters. The molecule has 3 aromatic heterocycles. The van der Waals surface area contributed by atoms with Gasteiger partial charge in [0, 0.05) is 50.0 Å². The number of hydrogen-bond donors (Lipinski definition) is 0. The molecule has 0 unspecified atom stereocenters. The van der Waals surface area contributed by atoms with E-state index >= 15 is 0 Å². The smallest absolute Gasteiger partial charge is 0.121 e. The van der Waals surface area contributed by atoms with Crippen molar-refractivity contribution < 1.29 is 30.3 Å². The fourth-order valence-corrected chi connectivity index (χ4v) is 10.8. The number of imidazole rings is 1. The molecule has 0 saturated carbocycles. The summed E-state index contributed by atoms with van der Waals surface area (Å²) in [5.41, 5.74) is 16.3. The Morgan fingerprint density at radius 3 is 1.83 bits per heavy atom. The molecule has 7 heteroatoms. The molecule has 1 radical (unpaired) electrons. The Balaban J connectivity index is 0.000000245. The standard InChI is InChI=1S/C47H35N2O.C17H21FNSi.Ir/c1-47(2,3)36-29-38(32-17-9-5-10-18-32)45(39(30-36)33-19-11-6-12-20-33)49-42-22-14-13-21-41(42)48-46(49)35-24-26-43-40(27-35)37-25-23-34(28-44(37)50-43)31-15-7-4-8-16-31;1-12(2)15-10-16(13-6-8-14(18)9-7-13)19-11-17(15)20(3,4)5;/h4-23,25-30H,1-3H3;6,8-12H,1-5H3;/q2*-1;/i;12D;. The normalized spacial score (nSPS) is 12.1. The van der Waals surface area contributed by atoms with E-state index in [1.54, 1.807) is 6.07 Å². The molecular formula is C64H56FIrN3OSi-2. The van der Waals surface area contributed by atoms with Crippen LogP contribution in [-0.4, -0.2) is 22.6 Å². The van der Waals surface area contributed by atoms with Gasteiger partial charge in [-0.3, -0.25) is 9.37 Å². The second-order valence-electron chi connectivity index (χ2n) is 20.3. The maximum atomic E-state index is 13.0. The van der Waals surface area contributed by atoms with E-state index < -0.39 is 14.0 Å². The van der Waals surface area contributed by atoms with Crippen LogP contribution in [0.3, 0.4) is 0 Å². The Kier molecular flexibility index (Phi) is 13.4. The third-order valence-corrected chi connectivity index (χ3v) is 15.0. The topological polar surface area (TPSA) is 43.9 Å². The maximum absolute atomic E-state index is 13.0. The van der Waals surface area contributed by atoms with Gasteiger partial charge < -0.3 is 14.0 Å². The summed E-state index contributed by atoms with van der Waals surface area (Å²) in [7, 11) is -1.57. The Labute approximate surface area is 433 Å². The van der Waals surface area contributed by atoms with Crippen LogP contribution in [0.15, 0.2) is 193 Å². The predicted octanol–water partition coefficient (Wildman–Crippen LogP) is 17.0. The van der Waals surface area contributed by atoms with E-state index in [2.05, 4.69) is 208 Å². The number of benzene rings is 8. The predicted molar refractivity (Wildman–Crippen MR) is 293 cm³/mol. The summed E-state index contributed by atoms with van der Waals surface area (Å²) in [4.78, 5) is 9.84. The van der Waals surface area contributed by atoms with E-state index in [1.165, 1.54) is 22.9 Å². The van der Waals surface area contributed by atoms with E-state index in [4.69, 9.17) is 10.8 Å².